The highest BCUT2D eigenvalue weighted by atomic mass is 16.5. The van der Waals surface area contributed by atoms with E-state index in [1.807, 2.05) is 54.6 Å². The number of rotatable bonds is 4. The number of carbonyl (C=O) groups excluding carboxylic acids is 1. The van der Waals surface area contributed by atoms with Gasteiger partial charge in [-0.25, -0.2) is 0 Å². The average Bonchev–Trinajstić information content (AvgIpc) is 3.01. The van der Waals surface area contributed by atoms with Crippen molar-refractivity contribution in [2.45, 2.75) is 6.61 Å². The highest BCUT2D eigenvalue weighted by molar-refractivity contribution is 6.10. The van der Waals surface area contributed by atoms with Crippen LogP contribution < -0.4 is 5.32 Å². The SMILES string of the molecule is COCc1c(C(=O)Nc2cccc3ncccc23)oc2ccccc12. The number of ether oxygens (including phenoxy) is 1. The number of amides is 1. The maximum absolute atomic E-state index is 12.8. The second-order valence-corrected chi connectivity index (χ2v) is 5.67. The van der Waals surface area contributed by atoms with E-state index in [-0.39, 0.29) is 11.7 Å². The quantitative estimate of drug-likeness (QED) is 0.602. The molecule has 5 heteroatoms. The highest BCUT2D eigenvalue weighted by Crippen LogP contribution is 2.28. The third-order valence-corrected chi connectivity index (χ3v) is 4.09. The molecule has 0 aliphatic carbocycles. The Morgan fingerprint density at radius 2 is 1.92 bits per heavy atom. The van der Waals surface area contributed by atoms with Crippen molar-refractivity contribution in [3.8, 4) is 0 Å². The number of benzene rings is 2. The monoisotopic (exact) mass is 332 g/mol. The number of para-hydroxylation sites is 1. The molecule has 0 bridgehead atoms. The van der Waals surface area contributed by atoms with Crippen LogP contribution in [0.25, 0.3) is 21.9 Å². The first-order valence-electron chi connectivity index (χ1n) is 7.92. The number of anilines is 1. The minimum absolute atomic E-state index is 0.268. The van der Waals surface area contributed by atoms with E-state index in [0.29, 0.717) is 17.9 Å². The number of nitrogens with one attached hydrogen (secondary N) is 1. The minimum atomic E-state index is -0.306. The van der Waals surface area contributed by atoms with Crippen molar-refractivity contribution in [1.82, 2.24) is 4.98 Å². The Labute approximate surface area is 144 Å². The number of hydrogen-bond donors (Lipinski definition) is 1. The zero-order chi connectivity index (χ0) is 17.2. The van der Waals surface area contributed by atoms with Gasteiger partial charge in [-0.2, -0.15) is 0 Å². The van der Waals surface area contributed by atoms with Crippen molar-refractivity contribution < 1.29 is 13.9 Å². The Morgan fingerprint density at radius 1 is 1.08 bits per heavy atom. The molecule has 1 N–H and O–H groups in total. The lowest BCUT2D eigenvalue weighted by Crippen LogP contribution is -2.13. The van der Waals surface area contributed by atoms with Crippen molar-refractivity contribution in [2.24, 2.45) is 0 Å². The van der Waals surface area contributed by atoms with Gasteiger partial charge in [0, 0.05) is 29.6 Å². The maximum atomic E-state index is 12.8. The van der Waals surface area contributed by atoms with Crippen LogP contribution in [0, 0.1) is 0 Å². The summed E-state index contributed by atoms with van der Waals surface area (Å²) in [5, 5.41) is 4.69. The fraction of sp³-hybridized carbons (Fsp3) is 0.100. The predicted octanol–water partition coefficient (Wildman–Crippen LogP) is 4.38. The first-order valence-corrected chi connectivity index (χ1v) is 7.92. The second kappa shape index (κ2) is 6.37. The molecule has 5 nitrogen and oxygen atoms in total. The zero-order valence-electron chi connectivity index (χ0n) is 13.7. The lowest BCUT2D eigenvalue weighted by Gasteiger charge is -2.08. The summed E-state index contributed by atoms with van der Waals surface area (Å²) in [6.45, 7) is 0.302. The lowest BCUT2D eigenvalue weighted by atomic mass is 10.1. The number of pyridine rings is 1. The molecule has 1 amide bonds. The molecule has 0 fully saturated rings. The van der Waals surface area contributed by atoms with Crippen LogP contribution in [0.4, 0.5) is 5.69 Å². The van der Waals surface area contributed by atoms with E-state index < -0.39 is 0 Å². The van der Waals surface area contributed by atoms with E-state index >= 15 is 0 Å². The Morgan fingerprint density at radius 3 is 2.80 bits per heavy atom. The summed E-state index contributed by atoms with van der Waals surface area (Å²) in [5.74, 6) is -0.0384. The van der Waals surface area contributed by atoms with Crippen LogP contribution >= 0.6 is 0 Å². The Hall–Kier alpha value is -3.18. The third-order valence-electron chi connectivity index (χ3n) is 4.09. The van der Waals surface area contributed by atoms with Crippen molar-refractivity contribution in [3.63, 3.8) is 0 Å². The van der Waals surface area contributed by atoms with Gasteiger partial charge < -0.3 is 14.5 Å². The van der Waals surface area contributed by atoms with Crippen LogP contribution in [0.2, 0.25) is 0 Å². The zero-order valence-corrected chi connectivity index (χ0v) is 13.7. The van der Waals surface area contributed by atoms with Crippen molar-refractivity contribution >= 4 is 33.5 Å². The van der Waals surface area contributed by atoms with E-state index in [0.717, 1.165) is 21.9 Å². The largest absolute Gasteiger partial charge is 0.451 e. The van der Waals surface area contributed by atoms with Gasteiger partial charge in [-0.3, -0.25) is 9.78 Å². The van der Waals surface area contributed by atoms with Crippen LogP contribution in [0.3, 0.4) is 0 Å². The molecule has 4 aromatic rings. The Kier molecular flexibility index (Phi) is 3.91. The van der Waals surface area contributed by atoms with E-state index in [2.05, 4.69) is 10.3 Å². The summed E-state index contributed by atoms with van der Waals surface area (Å²) in [4.78, 5) is 17.2. The van der Waals surface area contributed by atoms with Gasteiger partial charge in [-0.15, -0.1) is 0 Å². The van der Waals surface area contributed by atoms with Crippen LogP contribution in [0.15, 0.2) is 65.2 Å². The summed E-state index contributed by atoms with van der Waals surface area (Å²) in [6, 6.07) is 16.9. The molecule has 0 saturated heterocycles. The number of carbonyl (C=O) groups is 1. The Bertz CT molecular complexity index is 1060. The van der Waals surface area contributed by atoms with E-state index in [1.165, 1.54) is 0 Å². The topological polar surface area (TPSA) is 64.4 Å². The van der Waals surface area contributed by atoms with Gasteiger partial charge in [0.15, 0.2) is 5.76 Å². The van der Waals surface area contributed by atoms with Gasteiger partial charge in [-0.05, 0) is 30.3 Å². The van der Waals surface area contributed by atoms with Crippen LogP contribution in [-0.2, 0) is 11.3 Å². The number of methoxy groups -OCH3 is 1. The van der Waals surface area contributed by atoms with Crippen molar-refractivity contribution in [1.29, 1.82) is 0 Å². The molecular weight excluding hydrogens is 316 g/mol. The number of hydrogen-bond acceptors (Lipinski definition) is 4. The van der Waals surface area contributed by atoms with Gasteiger partial charge in [-0.1, -0.05) is 24.3 Å². The van der Waals surface area contributed by atoms with Gasteiger partial charge >= 0.3 is 0 Å². The molecule has 124 valence electrons. The molecular formula is C20H16N2O3. The van der Waals surface area contributed by atoms with Gasteiger partial charge in [0.1, 0.15) is 5.58 Å². The van der Waals surface area contributed by atoms with Crippen LogP contribution in [0.5, 0.6) is 0 Å². The second-order valence-electron chi connectivity index (χ2n) is 5.67. The van der Waals surface area contributed by atoms with E-state index in [4.69, 9.17) is 9.15 Å². The minimum Gasteiger partial charge on any atom is -0.451 e. The first-order chi connectivity index (χ1) is 12.3. The summed E-state index contributed by atoms with van der Waals surface area (Å²) >= 11 is 0. The fourth-order valence-corrected chi connectivity index (χ4v) is 2.96. The third kappa shape index (κ3) is 2.75. The summed E-state index contributed by atoms with van der Waals surface area (Å²) in [6.07, 6.45) is 1.73. The number of aromatic nitrogens is 1. The summed E-state index contributed by atoms with van der Waals surface area (Å²) in [5.41, 5.74) is 2.93. The molecule has 0 spiro atoms. The van der Waals surface area contributed by atoms with E-state index in [9.17, 15) is 4.79 Å². The standard InChI is InChI=1S/C20H16N2O3/c1-24-12-15-13-6-2-3-10-18(13)25-19(15)20(23)22-17-9-4-8-16-14(17)7-5-11-21-16/h2-11H,12H2,1H3,(H,22,23). The number of nitrogens with zero attached hydrogens (tertiary/aromatic N) is 1. The van der Waals surface area contributed by atoms with E-state index in [1.54, 1.807) is 13.3 Å². The first kappa shape index (κ1) is 15.4. The molecule has 2 aromatic carbocycles. The molecule has 25 heavy (non-hydrogen) atoms. The average molecular weight is 332 g/mol. The van der Waals surface area contributed by atoms with Gasteiger partial charge in [0.05, 0.1) is 17.8 Å². The molecule has 2 aromatic heterocycles. The Balaban J connectivity index is 1.76. The fourth-order valence-electron chi connectivity index (χ4n) is 2.96. The highest BCUT2D eigenvalue weighted by Gasteiger charge is 2.21. The molecule has 4 rings (SSSR count). The lowest BCUT2D eigenvalue weighted by molar-refractivity contribution is 0.0992. The molecule has 0 unspecified atom stereocenters. The predicted molar refractivity (Wildman–Crippen MR) is 96.6 cm³/mol. The smallest absolute Gasteiger partial charge is 0.291 e. The summed E-state index contributed by atoms with van der Waals surface area (Å²) < 4.78 is 11.0. The summed E-state index contributed by atoms with van der Waals surface area (Å²) in [7, 11) is 1.60. The van der Waals surface area contributed by atoms with Crippen LogP contribution in [-0.4, -0.2) is 18.0 Å². The number of furan rings is 1. The van der Waals surface area contributed by atoms with Crippen molar-refractivity contribution in [2.75, 3.05) is 12.4 Å². The van der Waals surface area contributed by atoms with Crippen molar-refractivity contribution in [3.05, 3.63) is 72.1 Å². The number of fused-ring (bicyclic) bond motifs is 2. The van der Waals surface area contributed by atoms with Crippen LogP contribution in [0.1, 0.15) is 16.1 Å². The molecule has 0 atom stereocenters. The maximum Gasteiger partial charge on any atom is 0.291 e. The van der Waals surface area contributed by atoms with Gasteiger partial charge in [0.2, 0.25) is 0 Å². The molecule has 2 heterocycles. The molecule has 0 aliphatic heterocycles. The molecule has 0 saturated carbocycles. The normalized spacial score (nSPS) is 11.1. The molecule has 0 aliphatic rings. The molecule has 0 radical (unpaired) electrons. The van der Waals surface area contributed by atoms with Gasteiger partial charge in [0.25, 0.3) is 5.91 Å².